The number of aromatic hydroxyl groups is 2. The zero-order chi connectivity index (χ0) is 24.1. The first-order valence-corrected chi connectivity index (χ1v) is 11.1. The number of methoxy groups -OCH3 is 1. The van der Waals surface area contributed by atoms with Gasteiger partial charge < -0.3 is 19.4 Å². The Morgan fingerprint density at radius 3 is 2.59 bits per heavy atom. The molecule has 34 heavy (non-hydrogen) atoms. The van der Waals surface area contributed by atoms with Gasteiger partial charge in [0.1, 0.15) is 23.1 Å². The van der Waals surface area contributed by atoms with Gasteiger partial charge in [0.05, 0.1) is 34.1 Å². The number of halogens is 1. The van der Waals surface area contributed by atoms with Crippen LogP contribution in [0.25, 0.3) is 26.6 Å². The molecule has 0 amide bonds. The summed E-state index contributed by atoms with van der Waals surface area (Å²) < 4.78 is 27.7. The number of benzene rings is 2. The van der Waals surface area contributed by atoms with Crippen LogP contribution in [0, 0.1) is 19.7 Å². The van der Waals surface area contributed by atoms with Gasteiger partial charge in [-0.2, -0.15) is 0 Å². The number of ketones is 1. The van der Waals surface area contributed by atoms with E-state index in [2.05, 4.69) is 4.98 Å². The number of hydrogen-bond acceptors (Lipinski definition) is 7. The number of aryl methyl sites for hydroxylation is 2. The maximum Gasteiger partial charge on any atom is 0.242 e. The van der Waals surface area contributed by atoms with E-state index < -0.39 is 23.2 Å². The largest absolute Gasteiger partial charge is 0.503 e. The topological polar surface area (TPSA) is 97.7 Å². The molecule has 0 aliphatic heterocycles. The fraction of sp³-hybridized carbons (Fsp3) is 0.120. The first-order valence-electron chi connectivity index (χ1n) is 10.3. The minimum Gasteiger partial charge on any atom is -0.503 e. The molecule has 0 fully saturated rings. The highest BCUT2D eigenvalue weighted by atomic mass is 32.1. The Morgan fingerprint density at radius 2 is 1.91 bits per heavy atom. The second-order valence-electron chi connectivity index (χ2n) is 7.70. The van der Waals surface area contributed by atoms with Crippen LogP contribution in [0.3, 0.4) is 0 Å². The summed E-state index contributed by atoms with van der Waals surface area (Å²) in [4.78, 5) is 18.1. The van der Waals surface area contributed by atoms with E-state index in [1.165, 1.54) is 34.1 Å². The highest BCUT2D eigenvalue weighted by Gasteiger charge is 2.33. The number of carbonyl (C=O) groups is 1. The van der Waals surface area contributed by atoms with Crippen LogP contribution in [0.5, 0.6) is 17.4 Å². The first kappa shape index (κ1) is 21.7. The highest BCUT2D eigenvalue weighted by molar-refractivity contribution is 7.20. The molecule has 0 saturated carbocycles. The van der Waals surface area contributed by atoms with E-state index in [1.54, 1.807) is 51.3 Å². The predicted octanol–water partition coefficient (Wildman–Crippen LogP) is 5.75. The van der Waals surface area contributed by atoms with Crippen molar-refractivity contribution in [1.82, 2.24) is 9.55 Å². The Hall–Kier alpha value is -4.11. The van der Waals surface area contributed by atoms with Crippen molar-refractivity contribution in [3.63, 3.8) is 0 Å². The monoisotopic (exact) mass is 478 g/mol. The summed E-state index contributed by atoms with van der Waals surface area (Å²) in [6.07, 6.45) is 0. The van der Waals surface area contributed by atoms with Gasteiger partial charge in [-0.25, -0.2) is 9.37 Å². The van der Waals surface area contributed by atoms with Crippen LogP contribution in [0.2, 0.25) is 0 Å². The third kappa shape index (κ3) is 3.32. The first-order chi connectivity index (χ1) is 16.3. The van der Waals surface area contributed by atoms with Gasteiger partial charge in [0.2, 0.25) is 11.7 Å². The van der Waals surface area contributed by atoms with Crippen molar-refractivity contribution in [2.75, 3.05) is 7.11 Å². The number of thiazole rings is 1. The van der Waals surface area contributed by atoms with Crippen molar-refractivity contribution in [3.8, 4) is 33.8 Å². The molecule has 0 aliphatic carbocycles. The lowest BCUT2D eigenvalue weighted by molar-refractivity contribution is 0.103. The van der Waals surface area contributed by atoms with Crippen molar-refractivity contribution in [2.45, 2.75) is 13.8 Å². The van der Waals surface area contributed by atoms with E-state index in [1.807, 2.05) is 0 Å². The van der Waals surface area contributed by atoms with Crippen molar-refractivity contribution in [3.05, 3.63) is 77.0 Å². The Morgan fingerprint density at radius 1 is 1.15 bits per heavy atom. The Kier molecular flexibility index (Phi) is 5.13. The second kappa shape index (κ2) is 8.03. The molecule has 0 atom stereocenters. The summed E-state index contributed by atoms with van der Waals surface area (Å²) >= 11 is 1.19. The molecule has 5 aromatic rings. The molecule has 3 heterocycles. The number of carbonyl (C=O) groups excluding carboxylic acids is 1. The number of aromatic nitrogens is 2. The second-order valence-corrected chi connectivity index (χ2v) is 8.71. The van der Waals surface area contributed by atoms with Gasteiger partial charge in [-0.3, -0.25) is 9.36 Å². The highest BCUT2D eigenvalue weighted by Crippen LogP contribution is 2.46. The molecule has 0 spiro atoms. The van der Waals surface area contributed by atoms with Crippen molar-refractivity contribution in [2.24, 2.45) is 0 Å². The van der Waals surface area contributed by atoms with Gasteiger partial charge in [0.25, 0.3) is 0 Å². The van der Waals surface area contributed by atoms with E-state index in [0.717, 1.165) is 4.70 Å². The number of ether oxygens (including phenoxy) is 1. The quantitative estimate of drug-likeness (QED) is 0.312. The Balaban J connectivity index is 1.83. The van der Waals surface area contributed by atoms with Gasteiger partial charge in [0, 0.05) is 5.56 Å². The van der Waals surface area contributed by atoms with Crippen LogP contribution < -0.4 is 4.74 Å². The summed E-state index contributed by atoms with van der Waals surface area (Å²) in [5.74, 6) is -1.04. The van der Waals surface area contributed by atoms with E-state index in [9.17, 15) is 15.0 Å². The van der Waals surface area contributed by atoms with Crippen LogP contribution in [-0.2, 0) is 0 Å². The lowest BCUT2D eigenvalue weighted by atomic mass is 9.99. The van der Waals surface area contributed by atoms with Crippen molar-refractivity contribution < 1.29 is 28.6 Å². The number of rotatable bonds is 5. The third-order valence-electron chi connectivity index (χ3n) is 5.54. The van der Waals surface area contributed by atoms with E-state index in [0.29, 0.717) is 22.8 Å². The lowest BCUT2D eigenvalue weighted by Gasteiger charge is -2.10. The van der Waals surface area contributed by atoms with Crippen LogP contribution >= 0.6 is 11.3 Å². The molecular weight excluding hydrogens is 459 g/mol. The summed E-state index contributed by atoms with van der Waals surface area (Å²) in [5, 5.41) is 22.1. The number of fused-ring (bicyclic) bond motifs is 1. The van der Waals surface area contributed by atoms with Gasteiger partial charge in [0.15, 0.2) is 10.9 Å². The lowest BCUT2D eigenvalue weighted by Crippen LogP contribution is -2.06. The summed E-state index contributed by atoms with van der Waals surface area (Å²) in [7, 11) is 1.55. The van der Waals surface area contributed by atoms with Crippen LogP contribution in [0.1, 0.15) is 27.4 Å². The Labute approximate surface area is 197 Å². The molecule has 0 bridgehead atoms. The van der Waals surface area contributed by atoms with E-state index in [4.69, 9.17) is 9.15 Å². The minimum atomic E-state index is -0.668. The molecular formula is C25H19FN2O5S. The normalized spacial score (nSPS) is 11.3. The van der Waals surface area contributed by atoms with Crippen molar-refractivity contribution in [1.29, 1.82) is 0 Å². The predicted molar refractivity (Wildman–Crippen MR) is 126 cm³/mol. The van der Waals surface area contributed by atoms with Crippen LogP contribution in [0.15, 0.2) is 52.9 Å². The summed E-state index contributed by atoms with van der Waals surface area (Å²) in [6, 6.07) is 12.7. The smallest absolute Gasteiger partial charge is 0.242 e. The van der Waals surface area contributed by atoms with Gasteiger partial charge >= 0.3 is 0 Å². The van der Waals surface area contributed by atoms with Crippen LogP contribution in [-0.4, -0.2) is 32.7 Å². The average Bonchev–Trinajstić information content (AvgIpc) is 3.46. The number of hydrogen-bond donors (Lipinski definition) is 2. The number of nitrogens with zero attached hydrogens (tertiary/aromatic N) is 2. The fourth-order valence-electron chi connectivity index (χ4n) is 3.96. The van der Waals surface area contributed by atoms with Gasteiger partial charge in [-0.15, -0.1) is 0 Å². The zero-order valence-electron chi connectivity index (χ0n) is 18.4. The molecule has 0 radical (unpaired) electrons. The zero-order valence-corrected chi connectivity index (χ0v) is 19.2. The third-order valence-corrected chi connectivity index (χ3v) is 6.54. The molecule has 0 aliphatic rings. The summed E-state index contributed by atoms with van der Waals surface area (Å²) in [6.45, 7) is 3.32. The standard InChI is InChI=1S/C25H19FN2O5S/c1-12-10-16(13(2)33-12)22(29)20-21(15-6-4-5-7-17(15)26)28(24(31)23(20)30)25-27-18-9-8-14(32-3)11-19(18)34-25/h4-11,30-31H,1-3H3. The molecule has 2 N–H and O–H groups in total. The molecule has 3 aromatic heterocycles. The van der Waals surface area contributed by atoms with E-state index in [-0.39, 0.29) is 27.5 Å². The van der Waals surface area contributed by atoms with Gasteiger partial charge in [-0.05, 0) is 50.2 Å². The molecule has 9 heteroatoms. The molecule has 172 valence electrons. The fourth-order valence-corrected chi connectivity index (χ4v) is 4.97. The summed E-state index contributed by atoms with van der Waals surface area (Å²) in [5.41, 5.74) is 0.584. The maximum atomic E-state index is 15.0. The Bertz CT molecular complexity index is 1580. The van der Waals surface area contributed by atoms with Gasteiger partial charge in [-0.1, -0.05) is 23.5 Å². The molecule has 0 saturated heterocycles. The van der Waals surface area contributed by atoms with E-state index >= 15 is 4.39 Å². The maximum absolute atomic E-state index is 15.0. The SMILES string of the molecule is COc1ccc2nc(-n3c(O)c(O)c(C(=O)c4cc(C)oc4C)c3-c3ccccc3F)sc2c1. The molecule has 2 aromatic carbocycles. The minimum absolute atomic E-state index is 0.0117. The number of furan rings is 1. The average molecular weight is 479 g/mol. The van der Waals surface area contributed by atoms with Crippen LogP contribution in [0.4, 0.5) is 4.39 Å². The molecule has 5 rings (SSSR count). The molecule has 0 unspecified atom stereocenters. The molecule has 7 nitrogen and oxygen atoms in total. The van der Waals surface area contributed by atoms with Crippen molar-refractivity contribution >= 4 is 27.3 Å².